The van der Waals surface area contributed by atoms with E-state index < -0.39 is 0 Å². The van der Waals surface area contributed by atoms with Gasteiger partial charge >= 0.3 is 5.97 Å². The van der Waals surface area contributed by atoms with Gasteiger partial charge in [0.2, 0.25) is 0 Å². The van der Waals surface area contributed by atoms with Crippen LogP contribution in [0.2, 0.25) is 0 Å². The van der Waals surface area contributed by atoms with Gasteiger partial charge in [0.25, 0.3) is 5.91 Å². The molecule has 2 aromatic carbocycles. The molecule has 2 rings (SSSR count). The molecule has 0 unspecified atom stereocenters. The molecule has 6 nitrogen and oxygen atoms in total. The van der Waals surface area contributed by atoms with Crippen LogP contribution in [0.15, 0.2) is 42.5 Å². The van der Waals surface area contributed by atoms with E-state index in [4.69, 9.17) is 21.7 Å². The topological polar surface area (TPSA) is 76.7 Å². The monoisotopic (exact) mass is 386 g/mol. The van der Waals surface area contributed by atoms with Gasteiger partial charge in [0.15, 0.2) is 5.11 Å². The fraction of sp³-hybridized carbons (Fsp3) is 0.250. The van der Waals surface area contributed by atoms with Crippen molar-refractivity contribution in [2.24, 2.45) is 0 Å². The Hall–Kier alpha value is -2.93. The first-order valence-corrected chi connectivity index (χ1v) is 8.90. The molecule has 0 spiro atoms. The summed E-state index contributed by atoms with van der Waals surface area (Å²) in [6.07, 6.45) is 0.769. The predicted molar refractivity (Wildman–Crippen MR) is 108 cm³/mol. The van der Waals surface area contributed by atoms with Crippen molar-refractivity contribution in [1.82, 2.24) is 5.32 Å². The number of benzene rings is 2. The summed E-state index contributed by atoms with van der Waals surface area (Å²) in [5, 5.41) is 5.68. The van der Waals surface area contributed by atoms with Gasteiger partial charge in [-0.05, 0) is 61.5 Å². The zero-order chi connectivity index (χ0) is 19.8. The molecule has 27 heavy (non-hydrogen) atoms. The second kappa shape index (κ2) is 9.68. The maximum absolute atomic E-state index is 12.4. The molecule has 0 fully saturated rings. The minimum absolute atomic E-state index is 0.143. The Kier molecular flexibility index (Phi) is 7.31. The number of nitrogens with one attached hydrogen (secondary N) is 2. The predicted octanol–water partition coefficient (Wildman–Crippen LogP) is 3.70. The van der Waals surface area contributed by atoms with Crippen LogP contribution in [0.3, 0.4) is 0 Å². The highest BCUT2D eigenvalue weighted by Gasteiger charge is 2.15. The number of hydrogen-bond donors (Lipinski definition) is 2. The van der Waals surface area contributed by atoms with E-state index in [9.17, 15) is 9.59 Å². The SMILES string of the molecule is CCCOC(=O)c1ccc(NC(=S)NC(=O)c2cccc(C)c2OC)cc1. The average Bonchev–Trinajstić information content (AvgIpc) is 2.66. The zero-order valence-corrected chi connectivity index (χ0v) is 16.3. The van der Waals surface area contributed by atoms with Crippen LogP contribution in [-0.4, -0.2) is 30.7 Å². The van der Waals surface area contributed by atoms with Crippen LogP contribution in [0.25, 0.3) is 0 Å². The van der Waals surface area contributed by atoms with Gasteiger partial charge in [-0.3, -0.25) is 10.1 Å². The molecule has 0 aliphatic carbocycles. The van der Waals surface area contributed by atoms with E-state index in [1.165, 1.54) is 7.11 Å². The van der Waals surface area contributed by atoms with Crippen molar-refractivity contribution in [1.29, 1.82) is 0 Å². The summed E-state index contributed by atoms with van der Waals surface area (Å²) in [6, 6.07) is 11.9. The van der Waals surface area contributed by atoms with E-state index in [2.05, 4.69) is 10.6 Å². The van der Waals surface area contributed by atoms with Crippen LogP contribution in [-0.2, 0) is 4.74 Å². The molecule has 0 heterocycles. The molecule has 7 heteroatoms. The summed E-state index contributed by atoms with van der Waals surface area (Å²) < 4.78 is 10.4. The quantitative estimate of drug-likeness (QED) is 0.582. The first kappa shape index (κ1) is 20.4. The summed E-state index contributed by atoms with van der Waals surface area (Å²) in [4.78, 5) is 24.2. The lowest BCUT2D eigenvalue weighted by Gasteiger charge is -2.13. The Balaban J connectivity index is 1.98. The Labute approximate surface area is 163 Å². The smallest absolute Gasteiger partial charge is 0.338 e. The van der Waals surface area contributed by atoms with Crippen LogP contribution in [0.4, 0.5) is 5.69 Å². The van der Waals surface area contributed by atoms with Gasteiger partial charge < -0.3 is 14.8 Å². The number of methoxy groups -OCH3 is 1. The summed E-state index contributed by atoms with van der Waals surface area (Å²) in [5.41, 5.74) is 2.35. The molecule has 0 bridgehead atoms. The molecular weight excluding hydrogens is 364 g/mol. The average molecular weight is 386 g/mol. The molecule has 0 radical (unpaired) electrons. The number of anilines is 1. The van der Waals surface area contributed by atoms with Crippen LogP contribution < -0.4 is 15.4 Å². The van der Waals surface area contributed by atoms with Crippen molar-refractivity contribution >= 4 is 34.9 Å². The minimum atomic E-state index is -0.370. The molecule has 2 aromatic rings. The number of esters is 1. The number of para-hydroxylation sites is 1. The van der Waals surface area contributed by atoms with Crippen molar-refractivity contribution in [3.05, 3.63) is 59.2 Å². The molecule has 2 N–H and O–H groups in total. The maximum Gasteiger partial charge on any atom is 0.338 e. The number of thiocarbonyl (C=S) groups is 1. The molecule has 1 amide bonds. The lowest BCUT2D eigenvalue weighted by molar-refractivity contribution is 0.0505. The number of hydrogen-bond acceptors (Lipinski definition) is 5. The highest BCUT2D eigenvalue weighted by molar-refractivity contribution is 7.80. The minimum Gasteiger partial charge on any atom is -0.496 e. The summed E-state index contributed by atoms with van der Waals surface area (Å²) in [7, 11) is 1.52. The number of aryl methyl sites for hydroxylation is 1. The summed E-state index contributed by atoms with van der Waals surface area (Å²) in [6.45, 7) is 4.18. The number of ether oxygens (including phenoxy) is 2. The van der Waals surface area contributed by atoms with E-state index in [1.807, 2.05) is 19.9 Å². The molecule has 0 atom stereocenters. The fourth-order valence-electron chi connectivity index (χ4n) is 2.40. The van der Waals surface area contributed by atoms with Crippen molar-refractivity contribution in [3.63, 3.8) is 0 Å². The molecule has 0 saturated heterocycles. The van der Waals surface area contributed by atoms with Gasteiger partial charge in [-0.1, -0.05) is 19.1 Å². The molecule has 0 aliphatic heterocycles. The molecule has 0 aliphatic rings. The van der Waals surface area contributed by atoms with Crippen LogP contribution in [0.5, 0.6) is 5.75 Å². The first-order chi connectivity index (χ1) is 13.0. The standard InChI is InChI=1S/C20H22N2O4S/c1-4-12-26-19(24)14-8-10-15(11-9-14)21-20(27)22-18(23)16-7-5-6-13(2)17(16)25-3/h5-11H,4,12H2,1-3H3,(H2,21,22,23,27). The first-order valence-electron chi connectivity index (χ1n) is 8.49. The third-order valence-electron chi connectivity index (χ3n) is 3.70. The maximum atomic E-state index is 12.4. The largest absolute Gasteiger partial charge is 0.496 e. The van der Waals surface area contributed by atoms with E-state index in [-0.39, 0.29) is 17.0 Å². The van der Waals surface area contributed by atoms with E-state index in [1.54, 1.807) is 36.4 Å². The fourth-order valence-corrected chi connectivity index (χ4v) is 2.61. The molecule has 142 valence electrons. The van der Waals surface area contributed by atoms with Gasteiger partial charge in [-0.15, -0.1) is 0 Å². The Bertz CT molecular complexity index is 834. The number of rotatable bonds is 6. The normalized spacial score (nSPS) is 10.0. The number of carbonyl (C=O) groups excluding carboxylic acids is 2. The van der Waals surface area contributed by atoms with Crippen molar-refractivity contribution < 1.29 is 19.1 Å². The number of carbonyl (C=O) groups is 2. The Morgan fingerprint density at radius 3 is 2.44 bits per heavy atom. The van der Waals surface area contributed by atoms with Crippen LogP contribution >= 0.6 is 12.2 Å². The van der Waals surface area contributed by atoms with Crippen LogP contribution in [0, 0.1) is 6.92 Å². The molecule has 0 aromatic heterocycles. The van der Waals surface area contributed by atoms with Gasteiger partial charge in [0, 0.05) is 5.69 Å². The second-order valence-corrected chi connectivity index (χ2v) is 6.19. The van der Waals surface area contributed by atoms with Crippen molar-refractivity contribution in [3.8, 4) is 5.75 Å². The highest BCUT2D eigenvalue weighted by atomic mass is 32.1. The number of amides is 1. The summed E-state index contributed by atoms with van der Waals surface area (Å²) >= 11 is 5.19. The van der Waals surface area contributed by atoms with Crippen molar-refractivity contribution in [2.45, 2.75) is 20.3 Å². The van der Waals surface area contributed by atoms with Gasteiger partial charge in [-0.25, -0.2) is 4.79 Å². The van der Waals surface area contributed by atoms with Gasteiger partial charge in [0.1, 0.15) is 5.75 Å². The van der Waals surface area contributed by atoms with E-state index in [0.717, 1.165) is 12.0 Å². The Morgan fingerprint density at radius 2 is 1.81 bits per heavy atom. The third kappa shape index (κ3) is 5.52. The summed E-state index contributed by atoms with van der Waals surface area (Å²) in [5.74, 6) is -0.230. The molecule has 0 saturated carbocycles. The van der Waals surface area contributed by atoms with E-state index >= 15 is 0 Å². The lowest BCUT2D eigenvalue weighted by Crippen LogP contribution is -2.34. The highest BCUT2D eigenvalue weighted by Crippen LogP contribution is 2.22. The Morgan fingerprint density at radius 1 is 1.11 bits per heavy atom. The zero-order valence-electron chi connectivity index (χ0n) is 15.5. The third-order valence-corrected chi connectivity index (χ3v) is 3.91. The van der Waals surface area contributed by atoms with Gasteiger partial charge in [-0.2, -0.15) is 0 Å². The second-order valence-electron chi connectivity index (χ2n) is 5.78. The lowest BCUT2D eigenvalue weighted by atomic mass is 10.1. The van der Waals surface area contributed by atoms with Gasteiger partial charge in [0.05, 0.1) is 24.8 Å². The van der Waals surface area contributed by atoms with Crippen molar-refractivity contribution in [2.75, 3.05) is 19.0 Å². The van der Waals surface area contributed by atoms with E-state index in [0.29, 0.717) is 29.2 Å². The van der Waals surface area contributed by atoms with Crippen LogP contribution in [0.1, 0.15) is 39.6 Å². The molecular formula is C20H22N2O4S.